The van der Waals surface area contributed by atoms with Crippen molar-refractivity contribution in [3.63, 3.8) is 0 Å². The predicted molar refractivity (Wildman–Crippen MR) is 72.5 cm³/mol. The van der Waals surface area contributed by atoms with Crippen LogP contribution in [-0.2, 0) is 4.74 Å². The number of hydrogen-bond acceptors (Lipinski definition) is 4. The maximum atomic E-state index is 9.44. The maximum absolute atomic E-state index is 9.44. The number of benzene rings is 1. The second kappa shape index (κ2) is 5.70. The topological polar surface area (TPSA) is 56.5 Å². The molecule has 0 aliphatic carbocycles. The number of methoxy groups -OCH3 is 1. The molecule has 0 saturated carbocycles. The first-order chi connectivity index (χ1) is 8.69. The summed E-state index contributed by atoms with van der Waals surface area (Å²) in [7, 11) is 1.69. The van der Waals surface area contributed by atoms with E-state index in [0.717, 1.165) is 23.1 Å². The van der Waals surface area contributed by atoms with Crippen LogP contribution in [0.1, 0.15) is 12.0 Å². The van der Waals surface area contributed by atoms with E-state index in [1.807, 2.05) is 6.07 Å². The lowest BCUT2D eigenvalue weighted by molar-refractivity contribution is 0.115. The van der Waals surface area contributed by atoms with Gasteiger partial charge in [0.05, 0.1) is 36.1 Å². The quantitative estimate of drug-likeness (QED) is 0.926. The van der Waals surface area contributed by atoms with E-state index in [2.05, 4.69) is 26.9 Å². The van der Waals surface area contributed by atoms with Gasteiger partial charge in [-0.3, -0.25) is 0 Å². The van der Waals surface area contributed by atoms with Crippen LogP contribution in [0.4, 0.5) is 5.69 Å². The molecule has 1 N–H and O–H groups in total. The minimum atomic E-state index is 0.0687. The van der Waals surface area contributed by atoms with Crippen molar-refractivity contribution < 1.29 is 9.84 Å². The lowest BCUT2D eigenvalue weighted by atomic mass is 10.2. The minimum absolute atomic E-state index is 0.0687. The van der Waals surface area contributed by atoms with Crippen molar-refractivity contribution in [2.24, 2.45) is 0 Å². The molecule has 1 aromatic rings. The molecular weight excluding hydrogens is 296 g/mol. The molecule has 1 aromatic carbocycles. The Morgan fingerprint density at radius 1 is 1.61 bits per heavy atom. The largest absolute Gasteiger partial charge is 0.394 e. The van der Waals surface area contributed by atoms with E-state index >= 15 is 0 Å². The highest BCUT2D eigenvalue weighted by Crippen LogP contribution is 2.33. The van der Waals surface area contributed by atoms with Crippen LogP contribution in [0.25, 0.3) is 0 Å². The molecule has 0 radical (unpaired) electrons. The van der Waals surface area contributed by atoms with Crippen LogP contribution in [0.5, 0.6) is 0 Å². The molecular formula is C13H15BrN2O2. The van der Waals surface area contributed by atoms with Crippen LogP contribution in [0.2, 0.25) is 0 Å². The smallest absolute Gasteiger partial charge is 0.0992 e. The van der Waals surface area contributed by atoms with Gasteiger partial charge in [0.1, 0.15) is 0 Å². The van der Waals surface area contributed by atoms with Gasteiger partial charge in [0, 0.05) is 18.1 Å². The number of halogens is 1. The molecule has 1 aliphatic heterocycles. The van der Waals surface area contributed by atoms with E-state index in [0.29, 0.717) is 5.56 Å². The maximum Gasteiger partial charge on any atom is 0.0992 e. The number of nitriles is 1. The minimum Gasteiger partial charge on any atom is -0.394 e. The highest BCUT2D eigenvalue weighted by molar-refractivity contribution is 9.10. The Hall–Kier alpha value is -1.09. The first-order valence-corrected chi connectivity index (χ1v) is 6.58. The van der Waals surface area contributed by atoms with Crippen LogP contribution in [0, 0.1) is 11.3 Å². The van der Waals surface area contributed by atoms with Crippen LogP contribution < -0.4 is 4.90 Å². The van der Waals surface area contributed by atoms with E-state index in [1.165, 1.54) is 0 Å². The number of hydrogen-bond donors (Lipinski definition) is 1. The Balaban J connectivity index is 2.28. The standard InChI is InChI=1S/C13H15BrN2O2/c1-18-11-5-10(8-17)16(7-11)13-3-2-9(6-15)4-12(13)14/h2-4,10-11,17H,5,7-8H2,1H3/t10-,11+/m0/s1. The summed E-state index contributed by atoms with van der Waals surface area (Å²) in [6.45, 7) is 0.860. The zero-order valence-electron chi connectivity index (χ0n) is 10.1. The molecule has 5 heteroatoms. The SMILES string of the molecule is CO[C@@H]1C[C@@H](CO)N(c2ccc(C#N)cc2Br)C1. The summed E-state index contributed by atoms with van der Waals surface area (Å²) >= 11 is 3.48. The summed E-state index contributed by atoms with van der Waals surface area (Å²) in [5.74, 6) is 0. The number of aliphatic hydroxyl groups excluding tert-OH is 1. The van der Waals surface area contributed by atoms with Gasteiger partial charge in [-0.2, -0.15) is 5.26 Å². The van der Waals surface area contributed by atoms with Crippen LogP contribution in [0.15, 0.2) is 22.7 Å². The number of ether oxygens (including phenoxy) is 1. The Morgan fingerprint density at radius 3 is 2.94 bits per heavy atom. The monoisotopic (exact) mass is 310 g/mol. The van der Waals surface area contributed by atoms with Crippen LogP contribution >= 0.6 is 15.9 Å². The first kappa shape index (κ1) is 13.3. The molecule has 1 aliphatic rings. The highest BCUT2D eigenvalue weighted by atomic mass is 79.9. The van der Waals surface area contributed by atoms with Crippen molar-refractivity contribution in [3.05, 3.63) is 28.2 Å². The lowest BCUT2D eigenvalue weighted by Gasteiger charge is -2.26. The second-order valence-electron chi connectivity index (χ2n) is 4.36. The van der Waals surface area contributed by atoms with Crippen molar-refractivity contribution >= 4 is 21.6 Å². The van der Waals surface area contributed by atoms with Gasteiger partial charge in [-0.05, 0) is 40.5 Å². The van der Waals surface area contributed by atoms with Crippen molar-refractivity contribution in [2.45, 2.75) is 18.6 Å². The van der Waals surface area contributed by atoms with Gasteiger partial charge < -0.3 is 14.7 Å². The Morgan fingerprint density at radius 2 is 2.39 bits per heavy atom. The van der Waals surface area contributed by atoms with Crippen molar-refractivity contribution in [3.8, 4) is 6.07 Å². The van der Waals surface area contributed by atoms with Crippen molar-refractivity contribution in [1.82, 2.24) is 0 Å². The van der Waals surface area contributed by atoms with Gasteiger partial charge in [-0.15, -0.1) is 0 Å². The fourth-order valence-electron chi connectivity index (χ4n) is 2.32. The second-order valence-corrected chi connectivity index (χ2v) is 5.21. The van der Waals surface area contributed by atoms with Gasteiger partial charge >= 0.3 is 0 Å². The van der Waals surface area contributed by atoms with Crippen molar-refractivity contribution in [2.75, 3.05) is 25.2 Å². The van der Waals surface area contributed by atoms with Gasteiger partial charge in [0.15, 0.2) is 0 Å². The average Bonchev–Trinajstić information content (AvgIpc) is 2.81. The Labute approximate surface area is 115 Å². The molecule has 0 aromatic heterocycles. The van der Waals surface area contributed by atoms with Crippen LogP contribution in [-0.4, -0.2) is 37.5 Å². The normalized spacial score (nSPS) is 23.1. The zero-order chi connectivity index (χ0) is 13.1. The third-order valence-electron chi connectivity index (χ3n) is 3.31. The molecule has 2 rings (SSSR count). The van der Waals surface area contributed by atoms with E-state index in [-0.39, 0.29) is 18.8 Å². The van der Waals surface area contributed by atoms with E-state index in [4.69, 9.17) is 10.00 Å². The highest BCUT2D eigenvalue weighted by Gasteiger charge is 2.32. The summed E-state index contributed by atoms with van der Waals surface area (Å²) in [6, 6.07) is 7.66. The number of aliphatic hydroxyl groups is 1. The van der Waals surface area contributed by atoms with Gasteiger partial charge in [-0.25, -0.2) is 0 Å². The summed E-state index contributed by atoms with van der Waals surface area (Å²) in [4.78, 5) is 2.12. The Bertz CT molecular complexity index is 473. The molecule has 18 heavy (non-hydrogen) atoms. The summed E-state index contributed by atoms with van der Waals surface area (Å²) < 4.78 is 6.23. The molecule has 4 nitrogen and oxygen atoms in total. The van der Waals surface area contributed by atoms with Gasteiger partial charge in [0.2, 0.25) is 0 Å². The molecule has 0 unspecified atom stereocenters. The molecule has 1 saturated heterocycles. The van der Waals surface area contributed by atoms with Crippen LogP contribution in [0.3, 0.4) is 0 Å². The molecule has 1 heterocycles. The Kier molecular flexibility index (Phi) is 4.23. The summed E-state index contributed by atoms with van der Waals surface area (Å²) in [5, 5.41) is 18.3. The molecule has 1 fully saturated rings. The zero-order valence-corrected chi connectivity index (χ0v) is 11.7. The molecule has 96 valence electrons. The van der Waals surface area contributed by atoms with E-state index in [1.54, 1.807) is 19.2 Å². The number of anilines is 1. The first-order valence-electron chi connectivity index (χ1n) is 5.79. The summed E-state index contributed by atoms with van der Waals surface area (Å²) in [6.07, 6.45) is 0.962. The molecule has 0 amide bonds. The fourth-order valence-corrected chi connectivity index (χ4v) is 2.93. The predicted octanol–water partition coefficient (Wildman–Crippen LogP) is 1.91. The third-order valence-corrected chi connectivity index (χ3v) is 3.94. The third kappa shape index (κ3) is 2.51. The van der Waals surface area contributed by atoms with Crippen molar-refractivity contribution in [1.29, 1.82) is 5.26 Å². The molecule has 2 atom stereocenters. The lowest BCUT2D eigenvalue weighted by Crippen LogP contribution is -2.32. The van der Waals surface area contributed by atoms with E-state index in [9.17, 15) is 5.11 Å². The summed E-state index contributed by atoms with van der Waals surface area (Å²) in [5.41, 5.74) is 1.61. The molecule has 0 spiro atoms. The van der Waals surface area contributed by atoms with E-state index < -0.39 is 0 Å². The van der Waals surface area contributed by atoms with Gasteiger partial charge in [-0.1, -0.05) is 0 Å². The number of rotatable bonds is 3. The number of nitrogens with zero attached hydrogens (tertiary/aromatic N) is 2. The fraction of sp³-hybridized carbons (Fsp3) is 0.462. The van der Waals surface area contributed by atoms with Gasteiger partial charge in [0.25, 0.3) is 0 Å². The average molecular weight is 311 g/mol. The molecule has 0 bridgehead atoms.